The molecule has 104 valence electrons. The average molecular weight is 357 g/mol. The summed E-state index contributed by atoms with van der Waals surface area (Å²) in [6.07, 6.45) is 0. The lowest BCUT2D eigenvalue weighted by Crippen LogP contribution is -2.01. The van der Waals surface area contributed by atoms with Gasteiger partial charge in [-0.3, -0.25) is 4.21 Å². The minimum absolute atomic E-state index is 0.0394. The fraction of sp³-hybridized carbons (Fsp3) is 0.0714. The minimum Gasteiger partial charge on any atom is -0.478 e. The van der Waals surface area contributed by atoms with Crippen molar-refractivity contribution in [2.45, 2.75) is 10.6 Å². The summed E-state index contributed by atoms with van der Waals surface area (Å²) >= 11 is 3.24. The molecule has 1 unspecified atom stereocenters. The van der Waals surface area contributed by atoms with Gasteiger partial charge in [-0.1, -0.05) is 15.9 Å². The predicted octanol–water partition coefficient (Wildman–Crippen LogP) is 3.59. The molecule has 20 heavy (non-hydrogen) atoms. The van der Waals surface area contributed by atoms with Crippen LogP contribution in [-0.2, 0) is 16.6 Å². The van der Waals surface area contributed by atoms with Crippen LogP contribution >= 0.6 is 15.9 Å². The van der Waals surface area contributed by atoms with E-state index in [9.17, 15) is 13.4 Å². The Morgan fingerprint density at radius 1 is 1.20 bits per heavy atom. The molecule has 0 aliphatic carbocycles. The predicted molar refractivity (Wildman–Crippen MR) is 77.6 cm³/mol. The van der Waals surface area contributed by atoms with Gasteiger partial charge in [0.15, 0.2) is 0 Å². The van der Waals surface area contributed by atoms with E-state index in [2.05, 4.69) is 15.9 Å². The van der Waals surface area contributed by atoms with Gasteiger partial charge in [0.1, 0.15) is 5.82 Å². The van der Waals surface area contributed by atoms with Crippen LogP contribution in [0.4, 0.5) is 4.39 Å². The zero-order valence-electron chi connectivity index (χ0n) is 10.2. The highest BCUT2D eigenvalue weighted by Crippen LogP contribution is 2.19. The molecule has 2 aromatic rings. The summed E-state index contributed by atoms with van der Waals surface area (Å²) in [6, 6.07) is 10.2. The molecule has 3 nitrogen and oxygen atoms in total. The van der Waals surface area contributed by atoms with E-state index in [-0.39, 0.29) is 11.3 Å². The number of carboxylic acids is 1. The van der Waals surface area contributed by atoms with Crippen molar-refractivity contribution in [3.8, 4) is 0 Å². The molecular formula is C14H10BrFO3S. The van der Waals surface area contributed by atoms with E-state index in [0.29, 0.717) is 14.9 Å². The summed E-state index contributed by atoms with van der Waals surface area (Å²) in [5.74, 6) is -1.42. The molecule has 1 N–H and O–H groups in total. The molecule has 6 heteroatoms. The van der Waals surface area contributed by atoms with Crippen LogP contribution in [0, 0.1) is 5.82 Å². The number of hydrogen-bond acceptors (Lipinski definition) is 2. The lowest BCUT2D eigenvalue weighted by molar-refractivity contribution is 0.0697. The molecule has 0 radical (unpaired) electrons. The molecule has 0 amide bonds. The fourth-order valence-electron chi connectivity index (χ4n) is 1.63. The average Bonchev–Trinajstić information content (AvgIpc) is 2.43. The molecule has 0 spiro atoms. The van der Waals surface area contributed by atoms with Crippen LogP contribution in [0.2, 0.25) is 0 Å². The van der Waals surface area contributed by atoms with Crippen molar-refractivity contribution in [2.75, 3.05) is 0 Å². The highest BCUT2D eigenvalue weighted by Gasteiger charge is 2.11. The van der Waals surface area contributed by atoms with Crippen LogP contribution in [0.3, 0.4) is 0 Å². The van der Waals surface area contributed by atoms with Gasteiger partial charge in [-0.2, -0.15) is 0 Å². The molecule has 0 heterocycles. The van der Waals surface area contributed by atoms with Crippen molar-refractivity contribution < 1.29 is 18.5 Å². The molecule has 2 aromatic carbocycles. The van der Waals surface area contributed by atoms with Gasteiger partial charge in [0.2, 0.25) is 0 Å². The maximum Gasteiger partial charge on any atom is 0.335 e. The summed E-state index contributed by atoms with van der Waals surface area (Å²) in [6.45, 7) is 0. The number of aromatic carboxylic acids is 1. The molecule has 0 saturated heterocycles. The van der Waals surface area contributed by atoms with Gasteiger partial charge >= 0.3 is 5.97 Å². The smallest absolute Gasteiger partial charge is 0.335 e. The van der Waals surface area contributed by atoms with Gasteiger partial charge in [0, 0.05) is 14.9 Å². The fourth-order valence-corrected chi connectivity index (χ4v) is 3.15. The molecule has 0 fully saturated rings. The zero-order chi connectivity index (χ0) is 14.7. The number of carbonyl (C=O) groups is 1. The van der Waals surface area contributed by atoms with E-state index >= 15 is 0 Å². The SMILES string of the molecule is O=C(O)c1ccc(S(=O)Cc2cc(Br)ccc2F)cc1. The highest BCUT2D eigenvalue weighted by atomic mass is 79.9. The number of carboxylic acid groups (broad SMARTS) is 1. The first-order valence-electron chi connectivity index (χ1n) is 5.63. The maximum absolute atomic E-state index is 13.6. The first-order chi connectivity index (χ1) is 9.47. The third-order valence-electron chi connectivity index (χ3n) is 2.66. The van der Waals surface area contributed by atoms with Crippen molar-refractivity contribution >= 4 is 32.7 Å². The van der Waals surface area contributed by atoms with Crippen molar-refractivity contribution in [3.63, 3.8) is 0 Å². The molecule has 0 aliphatic rings. The number of halogens is 2. The summed E-state index contributed by atoms with van der Waals surface area (Å²) in [5, 5.41) is 8.79. The van der Waals surface area contributed by atoms with E-state index in [1.807, 2.05) is 0 Å². The Balaban J connectivity index is 2.19. The van der Waals surface area contributed by atoms with Gasteiger partial charge < -0.3 is 5.11 Å². The second-order valence-corrected chi connectivity index (χ2v) is 6.42. The van der Waals surface area contributed by atoms with E-state index in [4.69, 9.17) is 5.11 Å². The van der Waals surface area contributed by atoms with Crippen LogP contribution in [0.1, 0.15) is 15.9 Å². The minimum atomic E-state index is -1.43. The summed E-state index contributed by atoms with van der Waals surface area (Å²) < 4.78 is 26.4. The van der Waals surface area contributed by atoms with Crippen LogP contribution in [0.25, 0.3) is 0 Å². The maximum atomic E-state index is 13.6. The Kier molecular flexibility index (Phi) is 4.67. The van der Waals surface area contributed by atoms with Crippen LogP contribution in [0.5, 0.6) is 0 Å². The van der Waals surface area contributed by atoms with Gasteiger partial charge in [-0.25, -0.2) is 9.18 Å². The summed E-state index contributed by atoms with van der Waals surface area (Å²) in [5.41, 5.74) is 0.472. The second-order valence-electron chi connectivity index (χ2n) is 4.06. The monoisotopic (exact) mass is 356 g/mol. The third-order valence-corrected chi connectivity index (χ3v) is 4.52. The third kappa shape index (κ3) is 3.52. The first-order valence-corrected chi connectivity index (χ1v) is 7.74. The van der Waals surface area contributed by atoms with Crippen LogP contribution < -0.4 is 0 Å². The summed E-state index contributed by atoms with van der Waals surface area (Å²) in [7, 11) is -1.43. The molecular weight excluding hydrogens is 347 g/mol. The van der Waals surface area contributed by atoms with Gasteiger partial charge in [-0.15, -0.1) is 0 Å². The van der Waals surface area contributed by atoms with Crippen molar-refractivity contribution in [2.24, 2.45) is 0 Å². The Morgan fingerprint density at radius 2 is 1.85 bits per heavy atom. The van der Waals surface area contributed by atoms with E-state index in [0.717, 1.165) is 0 Å². The molecule has 2 rings (SSSR count). The Hall–Kier alpha value is -1.53. The number of rotatable bonds is 4. The normalized spacial score (nSPS) is 12.1. The van der Waals surface area contributed by atoms with Gasteiger partial charge in [0.25, 0.3) is 0 Å². The largest absolute Gasteiger partial charge is 0.478 e. The molecule has 0 bridgehead atoms. The Morgan fingerprint density at radius 3 is 2.45 bits per heavy atom. The van der Waals surface area contributed by atoms with E-state index in [1.54, 1.807) is 12.1 Å². The van der Waals surface area contributed by atoms with Crippen molar-refractivity contribution in [3.05, 3.63) is 63.9 Å². The van der Waals surface area contributed by atoms with Crippen molar-refractivity contribution in [1.29, 1.82) is 0 Å². The standard InChI is InChI=1S/C14H10BrFO3S/c15-11-3-6-13(16)10(7-11)8-20(19)12-4-1-9(2-5-12)14(17)18/h1-7H,8H2,(H,17,18). The van der Waals surface area contributed by atoms with Crippen LogP contribution in [0.15, 0.2) is 51.8 Å². The Bertz CT molecular complexity index is 671. The zero-order valence-corrected chi connectivity index (χ0v) is 12.6. The van der Waals surface area contributed by atoms with Crippen LogP contribution in [-0.4, -0.2) is 15.3 Å². The van der Waals surface area contributed by atoms with Gasteiger partial charge in [-0.05, 0) is 42.5 Å². The summed E-state index contributed by atoms with van der Waals surface area (Å²) in [4.78, 5) is 11.2. The lowest BCUT2D eigenvalue weighted by Gasteiger charge is -2.05. The van der Waals surface area contributed by atoms with Crippen molar-refractivity contribution in [1.82, 2.24) is 0 Å². The Labute approximate surface area is 126 Å². The second kappa shape index (κ2) is 6.28. The lowest BCUT2D eigenvalue weighted by atomic mass is 10.2. The molecule has 0 aromatic heterocycles. The van der Waals surface area contributed by atoms with Gasteiger partial charge in [0.05, 0.1) is 22.1 Å². The molecule has 0 aliphatic heterocycles. The molecule has 0 saturated carbocycles. The molecule has 1 atom stereocenters. The van der Waals surface area contributed by atoms with E-state index in [1.165, 1.54) is 30.3 Å². The van der Waals surface area contributed by atoms with E-state index < -0.39 is 22.6 Å². The highest BCUT2D eigenvalue weighted by molar-refractivity contribution is 9.10. The quantitative estimate of drug-likeness (QED) is 0.910. The number of benzene rings is 2. The number of hydrogen-bond donors (Lipinski definition) is 1. The topological polar surface area (TPSA) is 54.4 Å². The first kappa shape index (κ1) is 14.9.